The lowest BCUT2D eigenvalue weighted by Gasteiger charge is -2.19. The van der Waals surface area contributed by atoms with Crippen LogP contribution < -0.4 is 4.74 Å². The SMILES string of the molecule is CC(C)(C)OC(=O)CCOCCCc1ccc(OCc2ccccc2)c(Br)c1. The fourth-order valence-corrected chi connectivity index (χ4v) is 3.12. The van der Waals surface area contributed by atoms with Gasteiger partial charge in [-0.05, 0) is 72.8 Å². The van der Waals surface area contributed by atoms with Gasteiger partial charge < -0.3 is 14.2 Å². The van der Waals surface area contributed by atoms with Crippen LogP contribution in [0.3, 0.4) is 0 Å². The molecule has 4 nitrogen and oxygen atoms in total. The lowest BCUT2D eigenvalue weighted by atomic mass is 10.1. The zero-order valence-electron chi connectivity index (χ0n) is 16.9. The largest absolute Gasteiger partial charge is 0.488 e. The molecule has 2 rings (SSSR count). The van der Waals surface area contributed by atoms with Gasteiger partial charge in [-0.2, -0.15) is 0 Å². The standard InChI is InChI=1S/C23H29BrO4/c1-23(2,3)28-22(25)13-15-26-14-7-10-18-11-12-21(20(24)16-18)27-17-19-8-5-4-6-9-19/h4-6,8-9,11-12,16H,7,10,13-15,17H2,1-3H3. The molecule has 0 aliphatic heterocycles. The second-order valence-electron chi connectivity index (χ2n) is 7.59. The molecule has 0 aliphatic carbocycles. The molecule has 0 radical (unpaired) electrons. The van der Waals surface area contributed by atoms with Crippen molar-refractivity contribution in [3.8, 4) is 5.75 Å². The summed E-state index contributed by atoms with van der Waals surface area (Å²) in [5.74, 6) is 0.615. The van der Waals surface area contributed by atoms with E-state index < -0.39 is 5.60 Å². The van der Waals surface area contributed by atoms with E-state index in [1.165, 1.54) is 5.56 Å². The lowest BCUT2D eigenvalue weighted by Crippen LogP contribution is -2.24. The number of hydrogen-bond acceptors (Lipinski definition) is 4. The summed E-state index contributed by atoms with van der Waals surface area (Å²) in [5, 5.41) is 0. The first-order valence-electron chi connectivity index (χ1n) is 9.58. The smallest absolute Gasteiger partial charge is 0.308 e. The van der Waals surface area contributed by atoms with Gasteiger partial charge in [0.15, 0.2) is 0 Å². The van der Waals surface area contributed by atoms with Crippen LogP contribution in [0, 0.1) is 0 Å². The van der Waals surface area contributed by atoms with Gasteiger partial charge in [0.1, 0.15) is 18.0 Å². The number of ether oxygens (including phenoxy) is 3. The molecule has 0 saturated carbocycles. The topological polar surface area (TPSA) is 44.8 Å². The van der Waals surface area contributed by atoms with Crippen molar-refractivity contribution in [2.45, 2.75) is 52.2 Å². The average molecular weight is 449 g/mol. The van der Waals surface area contributed by atoms with Gasteiger partial charge in [-0.15, -0.1) is 0 Å². The lowest BCUT2D eigenvalue weighted by molar-refractivity contribution is -0.156. The summed E-state index contributed by atoms with van der Waals surface area (Å²) in [7, 11) is 0. The number of benzene rings is 2. The van der Waals surface area contributed by atoms with Gasteiger partial charge in [-0.3, -0.25) is 4.79 Å². The fourth-order valence-electron chi connectivity index (χ4n) is 2.58. The minimum atomic E-state index is -0.443. The summed E-state index contributed by atoms with van der Waals surface area (Å²) in [6, 6.07) is 16.3. The maximum atomic E-state index is 11.6. The van der Waals surface area contributed by atoms with Crippen LogP contribution in [0.2, 0.25) is 0 Å². The van der Waals surface area contributed by atoms with Gasteiger partial charge >= 0.3 is 5.97 Å². The van der Waals surface area contributed by atoms with Crippen molar-refractivity contribution in [3.05, 3.63) is 64.1 Å². The van der Waals surface area contributed by atoms with Crippen molar-refractivity contribution in [1.29, 1.82) is 0 Å². The van der Waals surface area contributed by atoms with Gasteiger partial charge in [-0.25, -0.2) is 0 Å². The molecule has 2 aromatic carbocycles. The summed E-state index contributed by atoms with van der Waals surface area (Å²) in [4.78, 5) is 11.6. The van der Waals surface area contributed by atoms with Gasteiger partial charge in [0, 0.05) is 6.61 Å². The van der Waals surface area contributed by atoms with Crippen LogP contribution >= 0.6 is 15.9 Å². The van der Waals surface area contributed by atoms with E-state index in [-0.39, 0.29) is 12.4 Å². The Morgan fingerprint density at radius 3 is 2.43 bits per heavy atom. The van der Waals surface area contributed by atoms with Crippen LogP contribution in [0.5, 0.6) is 5.75 Å². The minimum Gasteiger partial charge on any atom is -0.488 e. The summed E-state index contributed by atoms with van der Waals surface area (Å²) >= 11 is 3.59. The molecule has 0 aromatic heterocycles. The molecule has 5 heteroatoms. The summed E-state index contributed by atoms with van der Waals surface area (Å²) in [5.41, 5.74) is 1.92. The van der Waals surface area contributed by atoms with Crippen LogP contribution in [0.25, 0.3) is 0 Å². The third-order valence-corrected chi connectivity index (χ3v) is 4.48. The maximum Gasteiger partial charge on any atom is 0.308 e. The molecule has 2 aromatic rings. The molecule has 0 amide bonds. The number of halogens is 1. The van der Waals surface area contributed by atoms with E-state index in [1.807, 2.05) is 57.2 Å². The first-order chi connectivity index (χ1) is 13.3. The van der Waals surface area contributed by atoms with Gasteiger partial charge in [0.25, 0.3) is 0 Å². The predicted molar refractivity (Wildman–Crippen MR) is 115 cm³/mol. The molecule has 0 spiro atoms. The second-order valence-corrected chi connectivity index (χ2v) is 8.45. The Bertz CT molecular complexity index is 738. The minimum absolute atomic E-state index is 0.220. The number of hydrogen-bond donors (Lipinski definition) is 0. The van der Waals surface area contributed by atoms with Crippen molar-refractivity contribution < 1.29 is 19.0 Å². The Balaban J connectivity index is 1.65. The Labute approximate surface area is 176 Å². The molecule has 0 heterocycles. The monoisotopic (exact) mass is 448 g/mol. The fraction of sp³-hybridized carbons (Fsp3) is 0.435. The molecule has 0 saturated heterocycles. The van der Waals surface area contributed by atoms with E-state index in [9.17, 15) is 4.79 Å². The summed E-state index contributed by atoms with van der Waals surface area (Å²) < 4.78 is 17.6. The number of rotatable bonds is 10. The molecule has 0 N–H and O–H groups in total. The van der Waals surface area contributed by atoms with Crippen molar-refractivity contribution in [1.82, 2.24) is 0 Å². The van der Waals surface area contributed by atoms with Crippen LogP contribution in [0.15, 0.2) is 53.0 Å². The molecule has 0 fully saturated rings. The van der Waals surface area contributed by atoms with Crippen LogP contribution in [-0.2, 0) is 27.3 Å². The molecule has 0 atom stereocenters. The highest BCUT2D eigenvalue weighted by molar-refractivity contribution is 9.10. The highest BCUT2D eigenvalue weighted by Gasteiger charge is 2.15. The predicted octanol–water partition coefficient (Wildman–Crippen LogP) is 5.71. The van der Waals surface area contributed by atoms with Crippen molar-refractivity contribution in [2.24, 2.45) is 0 Å². The van der Waals surface area contributed by atoms with E-state index in [0.29, 0.717) is 19.8 Å². The molecule has 0 aliphatic rings. The van der Waals surface area contributed by atoms with Crippen molar-refractivity contribution >= 4 is 21.9 Å². The molecule has 28 heavy (non-hydrogen) atoms. The second kappa shape index (κ2) is 11.2. The molecular weight excluding hydrogens is 420 g/mol. The number of carbonyl (C=O) groups excluding carboxylic acids is 1. The first-order valence-corrected chi connectivity index (χ1v) is 10.4. The average Bonchev–Trinajstić information content (AvgIpc) is 2.63. The van der Waals surface area contributed by atoms with Crippen LogP contribution in [0.1, 0.15) is 44.7 Å². The zero-order valence-corrected chi connectivity index (χ0v) is 18.5. The number of aryl methyl sites for hydroxylation is 1. The van der Waals surface area contributed by atoms with Gasteiger partial charge in [0.2, 0.25) is 0 Å². The Hall–Kier alpha value is -1.85. The van der Waals surface area contributed by atoms with Crippen LogP contribution in [-0.4, -0.2) is 24.8 Å². The number of carbonyl (C=O) groups is 1. The zero-order chi connectivity index (χ0) is 20.4. The third kappa shape index (κ3) is 8.89. The van der Waals surface area contributed by atoms with E-state index in [1.54, 1.807) is 0 Å². The highest BCUT2D eigenvalue weighted by atomic mass is 79.9. The van der Waals surface area contributed by atoms with Crippen LogP contribution in [0.4, 0.5) is 0 Å². The summed E-state index contributed by atoms with van der Waals surface area (Å²) in [6.07, 6.45) is 2.09. The molecule has 0 bridgehead atoms. The normalized spacial score (nSPS) is 11.3. The third-order valence-electron chi connectivity index (χ3n) is 3.86. The van der Waals surface area contributed by atoms with Crippen molar-refractivity contribution in [3.63, 3.8) is 0 Å². The van der Waals surface area contributed by atoms with E-state index >= 15 is 0 Å². The Morgan fingerprint density at radius 2 is 1.75 bits per heavy atom. The molecule has 152 valence electrons. The first kappa shape index (κ1) is 22.4. The molecule has 0 unspecified atom stereocenters. The maximum absolute atomic E-state index is 11.6. The Morgan fingerprint density at radius 1 is 1.00 bits per heavy atom. The highest BCUT2D eigenvalue weighted by Crippen LogP contribution is 2.27. The van der Waals surface area contributed by atoms with E-state index in [4.69, 9.17) is 14.2 Å². The van der Waals surface area contributed by atoms with E-state index in [0.717, 1.165) is 28.6 Å². The number of esters is 1. The van der Waals surface area contributed by atoms with E-state index in [2.05, 4.69) is 28.1 Å². The summed E-state index contributed by atoms with van der Waals surface area (Å²) in [6.45, 7) is 7.15. The Kier molecular flexibility index (Phi) is 9.00. The van der Waals surface area contributed by atoms with Crippen molar-refractivity contribution in [2.75, 3.05) is 13.2 Å². The van der Waals surface area contributed by atoms with Gasteiger partial charge in [-0.1, -0.05) is 36.4 Å². The molecular formula is C23H29BrO4. The van der Waals surface area contributed by atoms with Gasteiger partial charge in [0.05, 0.1) is 17.5 Å². The quantitative estimate of drug-likeness (QED) is 0.344.